The van der Waals surface area contributed by atoms with Gasteiger partial charge in [-0.05, 0) is 48.4 Å². The number of nitrogens with zero attached hydrogens (tertiary/aromatic N) is 1. The predicted octanol–water partition coefficient (Wildman–Crippen LogP) is 4.19. The minimum Gasteiger partial charge on any atom is -0.497 e. The van der Waals surface area contributed by atoms with Crippen molar-refractivity contribution in [3.63, 3.8) is 0 Å². The van der Waals surface area contributed by atoms with Crippen molar-refractivity contribution in [1.82, 2.24) is 4.90 Å². The van der Waals surface area contributed by atoms with Gasteiger partial charge in [0, 0.05) is 24.3 Å². The van der Waals surface area contributed by atoms with Gasteiger partial charge in [-0.15, -0.1) is 0 Å². The summed E-state index contributed by atoms with van der Waals surface area (Å²) in [6.07, 6.45) is -0.291. The van der Waals surface area contributed by atoms with Crippen LogP contribution in [0.25, 0.3) is 0 Å². The Morgan fingerprint density at radius 3 is 2.53 bits per heavy atom. The van der Waals surface area contributed by atoms with Crippen LogP contribution in [0.4, 0.5) is 5.69 Å². The lowest BCUT2D eigenvalue weighted by molar-refractivity contribution is -0.138. The number of fused-ring (bicyclic) bond motifs is 1. The third-order valence-electron chi connectivity index (χ3n) is 5.41. The number of carbonyl (C=O) groups is 2. The Morgan fingerprint density at radius 2 is 1.81 bits per heavy atom. The van der Waals surface area contributed by atoms with E-state index in [9.17, 15) is 9.59 Å². The van der Waals surface area contributed by atoms with Crippen LogP contribution < -0.4 is 14.8 Å². The van der Waals surface area contributed by atoms with Gasteiger partial charge in [0.1, 0.15) is 11.5 Å². The second-order valence-corrected chi connectivity index (χ2v) is 7.84. The molecule has 3 aromatic rings. The van der Waals surface area contributed by atoms with Crippen LogP contribution in [0.15, 0.2) is 72.8 Å². The van der Waals surface area contributed by atoms with Crippen molar-refractivity contribution in [1.29, 1.82) is 0 Å². The number of amides is 2. The molecule has 0 saturated carbocycles. The van der Waals surface area contributed by atoms with Crippen LogP contribution in [0.2, 0.25) is 0 Å². The zero-order valence-electron chi connectivity index (χ0n) is 18.2. The molecule has 0 unspecified atom stereocenters. The van der Waals surface area contributed by atoms with Gasteiger partial charge in [-0.3, -0.25) is 9.59 Å². The van der Waals surface area contributed by atoms with Gasteiger partial charge in [-0.2, -0.15) is 0 Å². The molecule has 0 saturated heterocycles. The van der Waals surface area contributed by atoms with E-state index in [4.69, 9.17) is 9.47 Å². The number of ether oxygens (including phenoxy) is 2. The first kappa shape index (κ1) is 21.4. The van der Waals surface area contributed by atoms with Crippen LogP contribution in [-0.2, 0) is 29.1 Å². The summed E-state index contributed by atoms with van der Waals surface area (Å²) in [7, 11) is 1.62. The molecule has 6 heteroatoms. The molecule has 2 amide bonds. The second-order valence-electron chi connectivity index (χ2n) is 7.84. The number of anilines is 1. The van der Waals surface area contributed by atoms with Gasteiger partial charge in [-0.1, -0.05) is 42.5 Å². The van der Waals surface area contributed by atoms with Gasteiger partial charge in [0.15, 0.2) is 6.10 Å². The van der Waals surface area contributed by atoms with E-state index in [1.54, 1.807) is 25.0 Å². The predicted molar refractivity (Wildman–Crippen MR) is 123 cm³/mol. The minimum atomic E-state index is -0.590. The molecular formula is C26H26N2O4. The average Bonchev–Trinajstić information content (AvgIpc) is 2.91. The standard InChI is InChI=1S/C26H26N2O4/c1-18-26(30)28(16-20-8-11-23(31-2)12-9-20)17-21-15-22(10-13-24(21)32-18)27-25(29)14-19-6-4-3-5-7-19/h3-13,15,18H,14,16-17H2,1-2H3,(H,27,29)/t18-/m0/s1. The van der Waals surface area contributed by atoms with Crippen molar-refractivity contribution in [2.45, 2.75) is 32.5 Å². The van der Waals surface area contributed by atoms with Crippen LogP contribution in [0.3, 0.4) is 0 Å². The molecule has 32 heavy (non-hydrogen) atoms. The quantitative estimate of drug-likeness (QED) is 0.637. The minimum absolute atomic E-state index is 0.0771. The van der Waals surface area contributed by atoms with Crippen molar-refractivity contribution in [3.8, 4) is 11.5 Å². The summed E-state index contributed by atoms with van der Waals surface area (Å²) in [5.74, 6) is 1.26. The molecule has 1 aliphatic rings. The van der Waals surface area contributed by atoms with Gasteiger partial charge in [-0.25, -0.2) is 0 Å². The van der Waals surface area contributed by atoms with E-state index in [0.29, 0.717) is 30.9 Å². The lowest BCUT2D eigenvalue weighted by atomic mass is 10.1. The number of hydrogen-bond acceptors (Lipinski definition) is 4. The third kappa shape index (κ3) is 5.09. The molecule has 164 valence electrons. The van der Waals surface area contributed by atoms with E-state index in [0.717, 1.165) is 22.4 Å². The van der Waals surface area contributed by atoms with Crippen molar-refractivity contribution >= 4 is 17.5 Å². The summed E-state index contributed by atoms with van der Waals surface area (Å²) >= 11 is 0. The molecule has 6 nitrogen and oxygen atoms in total. The topological polar surface area (TPSA) is 67.9 Å². The smallest absolute Gasteiger partial charge is 0.263 e. The third-order valence-corrected chi connectivity index (χ3v) is 5.41. The highest BCUT2D eigenvalue weighted by atomic mass is 16.5. The molecule has 4 rings (SSSR count). The van der Waals surface area contributed by atoms with Crippen LogP contribution in [0, 0.1) is 0 Å². The van der Waals surface area contributed by atoms with E-state index < -0.39 is 6.10 Å². The highest BCUT2D eigenvalue weighted by Gasteiger charge is 2.28. The summed E-state index contributed by atoms with van der Waals surface area (Å²) < 4.78 is 11.1. The van der Waals surface area contributed by atoms with Crippen molar-refractivity contribution in [2.24, 2.45) is 0 Å². The van der Waals surface area contributed by atoms with Crippen molar-refractivity contribution < 1.29 is 19.1 Å². The molecule has 3 aromatic carbocycles. The van der Waals surface area contributed by atoms with Gasteiger partial charge in [0.05, 0.1) is 13.5 Å². The maximum absolute atomic E-state index is 12.9. The van der Waals surface area contributed by atoms with Gasteiger partial charge < -0.3 is 19.7 Å². The van der Waals surface area contributed by atoms with E-state index >= 15 is 0 Å². The maximum atomic E-state index is 12.9. The Balaban J connectivity index is 1.50. The van der Waals surface area contributed by atoms with E-state index in [-0.39, 0.29) is 11.8 Å². The lowest BCUT2D eigenvalue weighted by Crippen LogP contribution is -2.37. The first-order valence-electron chi connectivity index (χ1n) is 10.6. The van der Waals surface area contributed by atoms with Crippen LogP contribution in [0.5, 0.6) is 11.5 Å². The lowest BCUT2D eigenvalue weighted by Gasteiger charge is -2.22. The fraction of sp³-hybridized carbons (Fsp3) is 0.231. The summed E-state index contributed by atoms with van der Waals surface area (Å²) in [4.78, 5) is 27.1. The molecule has 1 aliphatic heterocycles. The van der Waals surface area contributed by atoms with Gasteiger partial charge >= 0.3 is 0 Å². The normalized spacial score (nSPS) is 15.4. The number of methoxy groups -OCH3 is 1. The summed E-state index contributed by atoms with van der Waals surface area (Å²) in [6, 6.07) is 22.8. The van der Waals surface area contributed by atoms with Crippen LogP contribution in [0.1, 0.15) is 23.6 Å². The molecule has 1 atom stereocenters. The molecular weight excluding hydrogens is 404 g/mol. The molecule has 0 spiro atoms. The Labute approximate surface area is 187 Å². The largest absolute Gasteiger partial charge is 0.497 e. The van der Waals surface area contributed by atoms with Crippen molar-refractivity contribution in [2.75, 3.05) is 12.4 Å². The van der Waals surface area contributed by atoms with Crippen LogP contribution in [-0.4, -0.2) is 29.9 Å². The fourth-order valence-corrected chi connectivity index (χ4v) is 3.75. The van der Waals surface area contributed by atoms with Crippen molar-refractivity contribution in [3.05, 3.63) is 89.5 Å². The Hall–Kier alpha value is -3.80. The molecule has 1 heterocycles. The fourth-order valence-electron chi connectivity index (χ4n) is 3.75. The van der Waals surface area contributed by atoms with Crippen LogP contribution >= 0.6 is 0 Å². The Bertz CT molecular complexity index is 1100. The highest BCUT2D eigenvalue weighted by molar-refractivity contribution is 5.92. The summed E-state index contributed by atoms with van der Waals surface area (Å²) in [5.41, 5.74) is 3.49. The van der Waals surface area contributed by atoms with E-state index in [2.05, 4.69) is 5.32 Å². The first-order chi connectivity index (χ1) is 15.5. The summed E-state index contributed by atoms with van der Waals surface area (Å²) in [5, 5.41) is 2.95. The first-order valence-corrected chi connectivity index (χ1v) is 10.6. The Kier molecular flexibility index (Phi) is 6.40. The zero-order chi connectivity index (χ0) is 22.5. The monoisotopic (exact) mass is 430 g/mol. The molecule has 1 N–H and O–H groups in total. The molecule has 0 aliphatic carbocycles. The maximum Gasteiger partial charge on any atom is 0.263 e. The Morgan fingerprint density at radius 1 is 1.06 bits per heavy atom. The number of benzene rings is 3. The van der Waals surface area contributed by atoms with E-state index in [1.807, 2.05) is 66.7 Å². The SMILES string of the molecule is COc1ccc(CN2Cc3cc(NC(=O)Cc4ccccc4)ccc3O[C@@H](C)C2=O)cc1. The second kappa shape index (κ2) is 9.56. The average molecular weight is 431 g/mol. The van der Waals surface area contributed by atoms with E-state index in [1.165, 1.54) is 0 Å². The number of carbonyl (C=O) groups excluding carboxylic acids is 2. The molecule has 0 fully saturated rings. The number of hydrogen-bond donors (Lipinski definition) is 1. The zero-order valence-corrected chi connectivity index (χ0v) is 18.2. The number of rotatable bonds is 6. The summed E-state index contributed by atoms with van der Waals surface area (Å²) in [6.45, 7) is 2.61. The molecule has 0 aromatic heterocycles. The molecule has 0 radical (unpaired) electrons. The molecule has 0 bridgehead atoms. The number of nitrogens with one attached hydrogen (secondary N) is 1. The van der Waals surface area contributed by atoms with Gasteiger partial charge in [0.25, 0.3) is 5.91 Å². The van der Waals surface area contributed by atoms with Gasteiger partial charge in [0.2, 0.25) is 5.91 Å². The highest BCUT2D eigenvalue weighted by Crippen LogP contribution is 2.29.